The Morgan fingerprint density at radius 2 is 1.92 bits per heavy atom. The monoisotopic (exact) mass is 374 g/mol. The lowest BCUT2D eigenvalue weighted by atomic mass is 10.2. The van der Waals surface area contributed by atoms with Crippen molar-refractivity contribution in [3.63, 3.8) is 0 Å². The molecule has 2 N–H and O–H groups in total. The van der Waals surface area contributed by atoms with Gasteiger partial charge in [-0.15, -0.1) is 0 Å². The quantitative estimate of drug-likeness (QED) is 0.624. The molecule has 0 bridgehead atoms. The maximum absolute atomic E-state index is 5.71. The first kappa shape index (κ1) is 20.5. The van der Waals surface area contributed by atoms with E-state index in [1.165, 1.54) is 24.9 Å². The topological polar surface area (TPSA) is 32.9 Å². The second-order valence-corrected chi connectivity index (χ2v) is 7.30. The van der Waals surface area contributed by atoms with Crippen LogP contribution in [0.5, 0.6) is 0 Å². The molecule has 0 fully saturated rings. The van der Waals surface area contributed by atoms with Crippen molar-refractivity contribution in [2.75, 3.05) is 32.0 Å². The van der Waals surface area contributed by atoms with Crippen LogP contribution in [0, 0.1) is 6.92 Å². The zero-order valence-corrected chi connectivity index (χ0v) is 17.1. The van der Waals surface area contributed by atoms with E-state index in [-0.39, 0.29) is 0 Å². The molecule has 2 aromatic rings. The van der Waals surface area contributed by atoms with Gasteiger partial charge in [-0.3, -0.25) is 0 Å². The summed E-state index contributed by atoms with van der Waals surface area (Å²) >= 11 is 5.71. The van der Waals surface area contributed by atoms with E-state index in [4.69, 9.17) is 16.6 Å². The molecule has 0 saturated heterocycles. The minimum atomic E-state index is 0.693. The molecule has 142 valence electrons. The number of rotatable bonds is 10. The number of benzene rings is 1. The number of nitrogens with one attached hydrogen (secondary N) is 2. The van der Waals surface area contributed by atoms with Crippen molar-refractivity contribution in [2.24, 2.45) is 0 Å². The number of hydrogen-bond donors (Lipinski definition) is 2. The Morgan fingerprint density at radius 1 is 1.15 bits per heavy atom. The number of quaternary nitrogens is 1. The van der Waals surface area contributed by atoms with Crippen LogP contribution in [-0.2, 0) is 6.54 Å². The summed E-state index contributed by atoms with van der Waals surface area (Å²) < 4.78 is 5.53. The zero-order valence-electron chi connectivity index (χ0n) is 16.3. The molecule has 0 saturated carbocycles. The average molecular weight is 375 g/mol. The Balaban J connectivity index is 1.94. The van der Waals surface area contributed by atoms with Crippen LogP contribution in [0.2, 0.25) is 0 Å². The van der Waals surface area contributed by atoms with Gasteiger partial charge in [0.1, 0.15) is 5.76 Å². The first-order valence-corrected chi connectivity index (χ1v) is 9.96. The fourth-order valence-corrected chi connectivity index (χ4v) is 3.19. The summed E-state index contributed by atoms with van der Waals surface area (Å²) in [4.78, 5) is 3.79. The van der Waals surface area contributed by atoms with E-state index < -0.39 is 0 Å². The van der Waals surface area contributed by atoms with Gasteiger partial charge in [-0.2, -0.15) is 0 Å². The third-order valence-corrected chi connectivity index (χ3v) is 4.95. The van der Waals surface area contributed by atoms with Gasteiger partial charge in [-0.1, -0.05) is 31.5 Å². The van der Waals surface area contributed by atoms with Crippen LogP contribution in [0.25, 0.3) is 0 Å². The maximum Gasteiger partial charge on any atom is 0.173 e. The van der Waals surface area contributed by atoms with Gasteiger partial charge in [0.15, 0.2) is 5.11 Å². The highest BCUT2D eigenvalue weighted by Crippen LogP contribution is 2.15. The second-order valence-electron chi connectivity index (χ2n) is 6.91. The highest BCUT2D eigenvalue weighted by molar-refractivity contribution is 7.80. The number of unbranched alkanes of at least 4 members (excludes halogenated alkanes) is 1. The predicted octanol–water partition coefficient (Wildman–Crippen LogP) is 3.49. The number of nitrogens with zero attached hydrogens (tertiary/aromatic N) is 1. The molecule has 1 atom stereocenters. The fraction of sp³-hybridized carbons (Fsp3) is 0.476. The molecule has 0 aliphatic rings. The molecule has 4 nitrogen and oxygen atoms in total. The van der Waals surface area contributed by atoms with Crippen molar-refractivity contribution in [1.82, 2.24) is 4.90 Å². The van der Waals surface area contributed by atoms with E-state index in [9.17, 15) is 0 Å². The Kier molecular flexibility index (Phi) is 8.65. The molecule has 26 heavy (non-hydrogen) atoms. The molecule has 5 heteroatoms. The van der Waals surface area contributed by atoms with Gasteiger partial charge in [0.2, 0.25) is 0 Å². The summed E-state index contributed by atoms with van der Waals surface area (Å²) in [5.41, 5.74) is 2.25. The molecule has 0 amide bonds. The summed E-state index contributed by atoms with van der Waals surface area (Å²) in [5, 5.41) is 4.16. The highest BCUT2D eigenvalue weighted by atomic mass is 32.1. The van der Waals surface area contributed by atoms with Crippen LogP contribution in [-0.4, -0.2) is 36.7 Å². The molecule has 1 unspecified atom stereocenters. The fourth-order valence-electron chi connectivity index (χ4n) is 2.93. The molecular formula is C21H32N3OS+. The van der Waals surface area contributed by atoms with Crippen molar-refractivity contribution in [1.29, 1.82) is 0 Å². The standard InChI is InChI=1S/C21H31N3OS/c1-4-5-13-23(3)14-9-15-24(17-19-11-8-16-25-19)21(26)22-20-12-7-6-10-18(20)2/h6-8,10-12,16H,4-5,9,13-15,17H2,1-3H3,(H,22,26)/p+1. The Morgan fingerprint density at radius 3 is 2.62 bits per heavy atom. The van der Waals surface area contributed by atoms with Crippen molar-refractivity contribution in [3.05, 3.63) is 54.0 Å². The van der Waals surface area contributed by atoms with Gasteiger partial charge in [-0.25, -0.2) is 0 Å². The van der Waals surface area contributed by atoms with Gasteiger partial charge in [0.25, 0.3) is 0 Å². The smallest absolute Gasteiger partial charge is 0.173 e. The van der Waals surface area contributed by atoms with E-state index >= 15 is 0 Å². The lowest BCUT2D eigenvalue weighted by Gasteiger charge is -2.26. The van der Waals surface area contributed by atoms with Crippen molar-refractivity contribution >= 4 is 23.0 Å². The number of aryl methyl sites for hydroxylation is 1. The molecule has 0 aliphatic heterocycles. The summed E-state index contributed by atoms with van der Waals surface area (Å²) in [5.74, 6) is 0.936. The third kappa shape index (κ3) is 6.81. The van der Waals surface area contributed by atoms with Crippen LogP contribution in [0.15, 0.2) is 47.1 Å². The van der Waals surface area contributed by atoms with Crippen LogP contribution in [0.4, 0.5) is 5.69 Å². The summed E-state index contributed by atoms with van der Waals surface area (Å²) in [6.45, 7) is 8.34. The van der Waals surface area contributed by atoms with Gasteiger partial charge >= 0.3 is 0 Å². The first-order chi connectivity index (χ1) is 12.6. The predicted molar refractivity (Wildman–Crippen MR) is 113 cm³/mol. The van der Waals surface area contributed by atoms with Gasteiger partial charge in [-0.05, 0) is 49.3 Å². The number of thiocarbonyl (C=S) groups is 1. The molecular weight excluding hydrogens is 342 g/mol. The summed E-state index contributed by atoms with van der Waals surface area (Å²) in [7, 11) is 2.27. The van der Waals surface area contributed by atoms with Crippen LogP contribution in [0.1, 0.15) is 37.5 Å². The number of furan rings is 1. The van der Waals surface area contributed by atoms with Gasteiger partial charge in [0.05, 0.1) is 32.9 Å². The minimum absolute atomic E-state index is 0.693. The minimum Gasteiger partial charge on any atom is -0.467 e. The molecule has 2 rings (SSSR count). The molecule has 1 aromatic carbocycles. The van der Waals surface area contributed by atoms with E-state index in [0.717, 1.165) is 36.1 Å². The highest BCUT2D eigenvalue weighted by Gasteiger charge is 2.14. The Labute approximate surface area is 163 Å². The largest absolute Gasteiger partial charge is 0.467 e. The van der Waals surface area contributed by atoms with Gasteiger partial charge in [0, 0.05) is 18.7 Å². The van der Waals surface area contributed by atoms with Crippen LogP contribution in [0.3, 0.4) is 0 Å². The first-order valence-electron chi connectivity index (χ1n) is 9.55. The molecule has 1 heterocycles. The normalized spacial score (nSPS) is 12.0. The van der Waals surface area contributed by atoms with Crippen molar-refractivity contribution < 1.29 is 9.32 Å². The Hall–Kier alpha value is -1.85. The number of para-hydroxylation sites is 1. The average Bonchev–Trinajstić information content (AvgIpc) is 3.14. The lowest BCUT2D eigenvalue weighted by Crippen LogP contribution is -3.09. The van der Waals surface area contributed by atoms with Crippen LogP contribution < -0.4 is 10.2 Å². The third-order valence-electron chi connectivity index (χ3n) is 4.59. The number of hydrogen-bond acceptors (Lipinski definition) is 2. The molecule has 0 aliphatic carbocycles. The lowest BCUT2D eigenvalue weighted by molar-refractivity contribution is -0.880. The SMILES string of the molecule is CCCC[NH+](C)CCCN(Cc1ccco1)C(=S)Nc1ccccc1C. The second kappa shape index (κ2) is 11.0. The maximum atomic E-state index is 5.71. The van der Waals surface area contributed by atoms with Crippen LogP contribution >= 0.6 is 12.2 Å². The van der Waals surface area contributed by atoms with E-state index in [1.807, 2.05) is 24.3 Å². The van der Waals surface area contributed by atoms with Crippen molar-refractivity contribution in [3.8, 4) is 0 Å². The van der Waals surface area contributed by atoms with Crippen molar-refractivity contribution in [2.45, 2.75) is 39.7 Å². The zero-order chi connectivity index (χ0) is 18.8. The van der Waals surface area contributed by atoms with E-state index in [2.05, 4.69) is 43.2 Å². The summed E-state index contributed by atoms with van der Waals surface area (Å²) in [6, 6.07) is 12.2. The van der Waals surface area contributed by atoms with E-state index in [0.29, 0.717) is 6.54 Å². The molecule has 0 radical (unpaired) electrons. The van der Waals surface area contributed by atoms with E-state index in [1.54, 1.807) is 11.2 Å². The Bertz CT molecular complexity index is 657. The van der Waals surface area contributed by atoms with Gasteiger partial charge < -0.3 is 19.5 Å². The summed E-state index contributed by atoms with van der Waals surface area (Å²) in [6.07, 6.45) is 5.36. The molecule has 0 spiro atoms. The molecule has 1 aromatic heterocycles. The number of anilines is 1.